The molecular weight excluding hydrogens is 502 g/mol. The molecule has 6 rings (SSSR count). The van der Waals surface area contributed by atoms with Crippen molar-refractivity contribution in [1.82, 2.24) is 29.9 Å². The van der Waals surface area contributed by atoms with Gasteiger partial charge >= 0.3 is 0 Å². The number of pyridine rings is 2. The molecule has 1 aromatic carbocycles. The number of hydrogen-bond donors (Lipinski definition) is 2. The van der Waals surface area contributed by atoms with Crippen LogP contribution < -0.4 is 14.8 Å². The zero-order valence-electron chi connectivity index (χ0n) is 18.7. The lowest BCUT2D eigenvalue weighted by molar-refractivity contribution is 0.0950. The van der Waals surface area contributed by atoms with Gasteiger partial charge in [0.1, 0.15) is 10.7 Å². The van der Waals surface area contributed by atoms with Crippen molar-refractivity contribution < 1.29 is 17.9 Å². The van der Waals surface area contributed by atoms with Crippen molar-refractivity contribution in [3.05, 3.63) is 72.3 Å². The van der Waals surface area contributed by atoms with Crippen LogP contribution in [0.4, 0.5) is 5.69 Å². The Bertz CT molecular complexity index is 1760. The molecule has 5 heterocycles. The van der Waals surface area contributed by atoms with Crippen molar-refractivity contribution >= 4 is 37.9 Å². The Hall–Kier alpha value is -4.36. The van der Waals surface area contributed by atoms with Crippen molar-refractivity contribution in [1.29, 1.82) is 0 Å². The van der Waals surface area contributed by atoms with Crippen molar-refractivity contribution in [2.45, 2.75) is 11.4 Å². The summed E-state index contributed by atoms with van der Waals surface area (Å²) in [5.74, 6) is -0.328. The van der Waals surface area contributed by atoms with Crippen LogP contribution in [0.3, 0.4) is 0 Å². The molecule has 0 aliphatic carbocycles. The maximum absolute atomic E-state index is 13.2. The molecule has 13 heteroatoms. The van der Waals surface area contributed by atoms with E-state index in [9.17, 15) is 13.2 Å². The highest BCUT2D eigenvalue weighted by atomic mass is 32.2. The van der Waals surface area contributed by atoms with Gasteiger partial charge in [0.15, 0.2) is 0 Å². The lowest BCUT2D eigenvalue weighted by atomic mass is 10.1. The van der Waals surface area contributed by atoms with Gasteiger partial charge in [0.25, 0.3) is 15.9 Å². The number of fused-ring (bicyclic) bond motifs is 9. The van der Waals surface area contributed by atoms with E-state index in [-0.39, 0.29) is 28.6 Å². The van der Waals surface area contributed by atoms with E-state index in [4.69, 9.17) is 4.74 Å². The molecule has 4 aromatic heterocycles. The first kappa shape index (κ1) is 22.1. The van der Waals surface area contributed by atoms with Crippen molar-refractivity contribution in [2.75, 3.05) is 11.8 Å². The SMILES string of the molecule is COc1ncc2cc1NS(=O)(=O)c1cccc(c1)C(=O)NCc1cncc(c1)-c1cnc3sc-2nn13. The van der Waals surface area contributed by atoms with Gasteiger partial charge in [-0.1, -0.05) is 17.4 Å². The number of carbonyl (C=O) groups is 1. The minimum atomic E-state index is -4.07. The molecule has 0 atom stereocenters. The minimum absolute atomic E-state index is 0.0789. The Morgan fingerprint density at radius 2 is 1.92 bits per heavy atom. The third-order valence-corrected chi connectivity index (χ3v) is 7.91. The summed E-state index contributed by atoms with van der Waals surface area (Å²) in [4.78, 5) is 26.4. The van der Waals surface area contributed by atoms with Gasteiger partial charge in [-0.05, 0) is 35.9 Å². The van der Waals surface area contributed by atoms with E-state index >= 15 is 0 Å². The Morgan fingerprint density at radius 1 is 1.03 bits per heavy atom. The number of anilines is 1. The molecule has 0 saturated heterocycles. The summed E-state index contributed by atoms with van der Waals surface area (Å²) in [7, 11) is -2.67. The third kappa shape index (κ3) is 3.83. The first-order valence-electron chi connectivity index (χ1n) is 10.7. The summed E-state index contributed by atoms with van der Waals surface area (Å²) in [5.41, 5.74) is 3.20. The summed E-state index contributed by atoms with van der Waals surface area (Å²) in [5, 5.41) is 8.09. The van der Waals surface area contributed by atoms with Crippen LogP contribution in [0.2, 0.25) is 0 Å². The second-order valence-corrected chi connectivity index (χ2v) is 10.6. The number of nitrogens with one attached hydrogen (secondary N) is 2. The lowest BCUT2D eigenvalue weighted by Crippen LogP contribution is -2.23. The van der Waals surface area contributed by atoms with Crippen LogP contribution in [0.25, 0.3) is 26.8 Å². The zero-order valence-corrected chi connectivity index (χ0v) is 20.3. The first-order chi connectivity index (χ1) is 17.4. The van der Waals surface area contributed by atoms with E-state index in [2.05, 4.69) is 30.1 Å². The molecule has 1 amide bonds. The topological polar surface area (TPSA) is 140 Å². The van der Waals surface area contributed by atoms with Crippen LogP contribution in [-0.4, -0.2) is 46.0 Å². The van der Waals surface area contributed by atoms with Gasteiger partial charge < -0.3 is 10.1 Å². The predicted octanol–water partition coefficient (Wildman–Crippen LogP) is 2.97. The van der Waals surface area contributed by atoms with E-state index in [0.29, 0.717) is 15.5 Å². The molecule has 1 aliphatic rings. The highest BCUT2D eigenvalue weighted by molar-refractivity contribution is 7.92. The van der Waals surface area contributed by atoms with E-state index in [1.54, 1.807) is 41.4 Å². The number of sulfonamides is 1. The Balaban J connectivity index is 1.56. The number of carbonyl (C=O) groups excluding carboxylic acids is 1. The number of benzene rings is 1. The molecule has 2 N–H and O–H groups in total. The molecule has 0 spiro atoms. The van der Waals surface area contributed by atoms with E-state index < -0.39 is 15.9 Å². The molecule has 36 heavy (non-hydrogen) atoms. The Morgan fingerprint density at radius 3 is 2.78 bits per heavy atom. The van der Waals surface area contributed by atoms with Gasteiger partial charge in [0.2, 0.25) is 10.8 Å². The third-order valence-electron chi connectivity index (χ3n) is 5.57. The maximum atomic E-state index is 13.2. The molecular formula is C23H17N7O4S2. The number of hydrogen-bond acceptors (Lipinski definition) is 9. The van der Waals surface area contributed by atoms with E-state index in [1.807, 2.05) is 6.07 Å². The van der Waals surface area contributed by atoms with Crippen LogP contribution in [0.1, 0.15) is 15.9 Å². The fourth-order valence-corrected chi connectivity index (χ4v) is 5.78. The van der Waals surface area contributed by atoms with Crippen molar-refractivity contribution in [3.8, 4) is 27.7 Å². The minimum Gasteiger partial charge on any atom is -0.480 e. The average molecular weight is 520 g/mol. The van der Waals surface area contributed by atoms with Gasteiger partial charge in [0.05, 0.1) is 23.9 Å². The molecule has 0 radical (unpaired) electrons. The maximum Gasteiger partial charge on any atom is 0.262 e. The van der Waals surface area contributed by atoms with Gasteiger partial charge in [-0.25, -0.2) is 22.9 Å². The average Bonchev–Trinajstić information content (AvgIpc) is 3.48. The highest BCUT2D eigenvalue weighted by Crippen LogP contribution is 2.33. The van der Waals surface area contributed by atoms with E-state index in [0.717, 1.165) is 16.8 Å². The summed E-state index contributed by atoms with van der Waals surface area (Å²) in [6.07, 6.45) is 6.62. The number of nitrogens with zero attached hydrogens (tertiary/aromatic N) is 5. The normalized spacial score (nSPS) is 14.5. The fourth-order valence-electron chi connectivity index (χ4n) is 3.83. The molecule has 0 saturated carbocycles. The number of methoxy groups -OCH3 is 1. The second-order valence-electron chi connectivity index (χ2n) is 7.92. The van der Waals surface area contributed by atoms with Crippen LogP contribution in [0.5, 0.6) is 5.88 Å². The number of imidazole rings is 1. The Kier molecular flexibility index (Phi) is 5.16. The standard InChI is InChI=1S/C23H17N7O4S2/c1-34-21-18-7-16(11-26-21)22-28-30-19(12-27-23(30)35-22)15-5-13(8-24-10-15)9-25-20(31)14-3-2-4-17(6-14)36(32,33)29-18/h2-8,10-12,29H,9H2,1H3,(H,25,31). The number of ether oxygens (including phenoxy) is 1. The fraction of sp³-hybridized carbons (Fsp3) is 0.0870. The van der Waals surface area contributed by atoms with Gasteiger partial charge in [-0.2, -0.15) is 5.10 Å². The molecule has 11 nitrogen and oxygen atoms in total. The monoisotopic (exact) mass is 519 g/mol. The van der Waals surface area contributed by atoms with E-state index in [1.165, 1.54) is 36.6 Å². The molecule has 0 fully saturated rings. The summed E-state index contributed by atoms with van der Waals surface area (Å²) in [6.45, 7) is 0.201. The Labute approximate surface area is 208 Å². The molecule has 1 aliphatic heterocycles. The van der Waals surface area contributed by atoms with Gasteiger partial charge in [0, 0.05) is 41.8 Å². The van der Waals surface area contributed by atoms with Crippen LogP contribution in [-0.2, 0) is 16.6 Å². The van der Waals surface area contributed by atoms with Crippen LogP contribution in [0.15, 0.2) is 66.1 Å². The summed E-state index contributed by atoms with van der Waals surface area (Å²) >= 11 is 1.33. The van der Waals surface area contributed by atoms with Crippen LogP contribution in [0, 0.1) is 0 Å². The largest absolute Gasteiger partial charge is 0.480 e. The van der Waals surface area contributed by atoms with Crippen molar-refractivity contribution in [3.63, 3.8) is 0 Å². The highest BCUT2D eigenvalue weighted by Gasteiger charge is 2.21. The second kappa shape index (κ2) is 8.39. The smallest absolute Gasteiger partial charge is 0.262 e. The zero-order chi connectivity index (χ0) is 24.9. The number of aromatic nitrogens is 5. The molecule has 5 aromatic rings. The first-order valence-corrected chi connectivity index (χ1v) is 13.0. The van der Waals surface area contributed by atoms with Gasteiger partial charge in [-0.15, -0.1) is 0 Å². The van der Waals surface area contributed by atoms with Crippen molar-refractivity contribution in [2.24, 2.45) is 0 Å². The number of amides is 1. The molecule has 180 valence electrons. The van der Waals surface area contributed by atoms with Gasteiger partial charge in [-0.3, -0.25) is 14.5 Å². The molecule has 0 unspecified atom stereocenters. The predicted molar refractivity (Wildman–Crippen MR) is 132 cm³/mol. The van der Waals surface area contributed by atoms with Crippen LogP contribution >= 0.6 is 11.3 Å². The summed E-state index contributed by atoms with van der Waals surface area (Å²) < 4.78 is 35.9. The quantitative estimate of drug-likeness (QED) is 0.344. The summed E-state index contributed by atoms with van der Waals surface area (Å²) in [6, 6.07) is 9.28. The lowest BCUT2D eigenvalue weighted by Gasteiger charge is -2.13. The molecule has 8 bridgehead atoms. The number of rotatable bonds is 1.